The lowest BCUT2D eigenvalue weighted by Gasteiger charge is -2.01. The first-order valence-electron chi connectivity index (χ1n) is 4.05. The molecule has 12 heavy (non-hydrogen) atoms. The van der Waals surface area contributed by atoms with E-state index in [1.54, 1.807) is 11.8 Å². The van der Waals surface area contributed by atoms with Gasteiger partial charge >= 0.3 is 0 Å². The summed E-state index contributed by atoms with van der Waals surface area (Å²) in [5.41, 5.74) is 1.15. The van der Waals surface area contributed by atoms with Crippen LogP contribution >= 0.6 is 27.7 Å². The van der Waals surface area contributed by atoms with Crippen LogP contribution in [0.2, 0.25) is 0 Å². The average molecular weight is 246 g/mol. The van der Waals surface area contributed by atoms with Crippen LogP contribution < -0.4 is 0 Å². The van der Waals surface area contributed by atoms with Gasteiger partial charge in [0.2, 0.25) is 0 Å². The lowest BCUT2D eigenvalue weighted by atomic mass is 10.3. The summed E-state index contributed by atoms with van der Waals surface area (Å²) in [7, 11) is 0. The Kier molecular flexibility index (Phi) is 4.09. The molecule has 0 amide bonds. The summed E-state index contributed by atoms with van der Waals surface area (Å²) in [5, 5.41) is 1.11. The smallest absolute Gasteiger partial charge is 0.0974 e. The van der Waals surface area contributed by atoms with Crippen LogP contribution in [0.25, 0.3) is 0 Å². The summed E-state index contributed by atoms with van der Waals surface area (Å²) >= 11 is 5.25. The van der Waals surface area contributed by atoms with Crippen molar-refractivity contribution in [3.63, 3.8) is 0 Å². The number of aromatic nitrogens is 1. The molecule has 1 rings (SSSR count). The van der Waals surface area contributed by atoms with Gasteiger partial charge in [0.05, 0.1) is 5.03 Å². The Bertz CT molecular complexity index is 263. The molecule has 0 fully saturated rings. The summed E-state index contributed by atoms with van der Waals surface area (Å²) in [6.07, 6.45) is 0.997. The highest BCUT2D eigenvalue weighted by molar-refractivity contribution is 9.10. The van der Waals surface area contributed by atoms with E-state index in [1.807, 2.05) is 0 Å². The minimum atomic E-state index is 0.997. The quantitative estimate of drug-likeness (QED) is 0.757. The molecule has 0 saturated carbocycles. The number of halogens is 1. The van der Waals surface area contributed by atoms with Crippen molar-refractivity contribution in [2.45, 2.75) is 25.3 Å². The monoisotopic (exact) mass is 245 g/mol. The summed E-state index contributed by atoms with van der Waals surface area (Å²) in [4.78, 5) is 4.47. The molecular formula is C9H12BrNS. The molecule has 0 unspecified atom stereocenters. The third-order valence-corrected chi connectivity index (χ3v) is 2.73. The van der Waals surface area contributed by atoms with Gasteiger partial charge in [0.1, 0.15) is 0 Å². The van der Waals surface area contributed by atoms with Crippen molar-refractivity contribution in [3.8, 4) is 0 Å². The van der Waals surface area contributed by atoms with Crippen LogP contribution in [0.3, 0.4) is 0 Å². The van der Waals surface area contributed by atoms with Crippen molar-refractivity contribution >= 4 is 27.7 Å². The van der Waals surface area contributed by atoms with Gasteiger partial charge in [0.15, 0.2) is 0 Å². The predicted octanol–water partition coefficient (Wildman–Crippen LogP) is 3.52. The van der Waals surface area contributed by atoms with E-state index in [0.717, 1.165) is 27.4 Å². The van der Waals surface area contributed by atoms with Crippen molar-refractivity contribution in [1.29, 1.82) is 0 Å². The van der Waals surface area contributed by atoms with E-state index >= 15 is 0 Å². The van der Waals surface area contributed by atoms with Crippen molar-refractivity contribution < 1.29 is 0 Å². The number of aryl methyl sites for hydroxylation is 1. The zero-order valence-electron chi connectivity index (χ0n) is 7.30. The third-order valence-electron chi connectivity index (χ3n) is 1.47. The zero-order chi connectivity index (χ0) is 8.97. The first-order chi connectivity index (χ1) is 5.76. The molecule has 1 heterocycles. The van der Waals surface area contributed by atoms with E-state index in [4.69, 9.17) is 0 Å². The maximum atomic E-state index is 4.47. The van der Waals surface area contributed by atoms with Gasteiger partial charge in [-0.15, -0.1) is 11.8 Å². The molecule has 0 radical (unpaired) electrons. The Morgan fingerprint density at radius 3 is 2.75 bits per heavy atom. The van der Waals surface area contributed by atoms with E-state index in [-0.39, 0.29) is 0 Å². The fraction of sp³-hybridized carbons (Fsp3) is 0.444. The molecule has 0 aliphatic rings. The van der Waals surface area contributed by atoms with Gasteiger partial charge in [-0.05, 0) is 24.3 Å². The summed E-state index contributed by atoms with van der Waals surface area (Å²) in [6.45, 7) is 4.26. The van der Waals surface area contributed by atoms with Crippen LogP contribution in [-0.4, -0.2) is 10.7 Å². The van der Waals surface area contributed by atoms with E-state index in [0.29, 0.717) is 0 Å². The predicted molar refractivity (Wildman–Crippen MR) is 57.7 cm³/mol. The SMILES string of the molecule is CCSc1cc(Br)cc(CC)n1. The first kappa shape index (κ1) is 10.1. The number of hydrogen-bond donors (Lipinski definition) is 0. The largest absolute Gasteiger partial charge is 0.246 e. The van der Waals surface area contributed by atoms with Gasteiger partial charge in [0.25, 0.3) is 0 Å². The summed E-state index contributed by atoms with van der Waals surface area (Å²) in [6, 6.07) is 4.13. The number of pyridine rings is 1. The standard InChI is InChI=1S/C9H12BrNS/c1-3-8-5-7(10)6-9(11-8)12-4-2/h5-6H,3-4H2,1-2H3. The van der Waals surface area contributed by atoms with Crippen LogP contribution in [0.1, 0.15) is 19.5 Å². The van der Waals surface area contributed by atoms with E-state index in [9.17, 15) is 0 Å². The lowest BCUT2D eigenvalue weighted by Crippen LogP contribution is -1.89. The van der Waals surface area contributed by atoms with Gasteiger partial charge in [-0.3, -0.25) is 0 Å². The maximum Gasteiger partial charge on any atom is 0.0974 e. The van der Waals surface area contributed by atoms with E-state index in [2.05, 4.69) is 46.9 Å². The molecule has 0 N–H and O–H groups in total. The molecule has 1 nitrogen and oxygen atoms in total. The molecule has 0 aromatic carbocycles. The fourth-order valence-electron chi connectivity index (χ4n) is 0.928. The topological polar surface area (TPSA) is 12.9 Å². The highest BCUT2D eigenvalue weighted by Crippen LogP contribution is 2.20. The Morgan fingerprint density at radius 2 is 2.17 bits per heavy atom. The van der Waals surface area contributed by atoms with Crippen LogP contribution in [0.5, 0.6) is 0 Å². The van der Waals surface area contributed by atoms with Gasteiger partial charge in [-0.25, -0.2) is 4.98 Å². The summed E-state index contributed by atoms with van der Waals surface area (Å²) in [5.74, 6) is 1.08. The minimum absolute atomic E-state index is 0.997. The van der Waals surface area contributed by atoms with Gasteiger partial charge in [0, 0.05) is 10.2 Å². The fourth-order valence-corrected chi connectivity index (χ4v) is 2.25. The highest BCUT2D eigenvalue weighted by Gasteiger charge is 1.98. The van der Waals surface area contributed by atoms with Gasteiger partial charge in [-0.1, -0.05) is 29.8 Å². The van der Waals surface area contributed by atoms with E-state index in [1.165, 1.54) is 0 Å². The second kappa shape index (κ2) is 4.87. The average Bonchev–Trinajstić information content (AvgIpc) is 2.04. The molecule has 66 valence electrons. The Balaban J connectivity index is 2.90. The van der Waals surface area contributed by atoms with Crippen LogP contribution in [0.15, 0.2) is 21.6 Å². The van der Waals surface area contributed by atoms with Crippen molar-refractivity contribution in [1.82, 2.24) is 4.98 Å². The second-order valence-electron chi connectivity index (χ2n) is 2.40. The van der Waals surface area contributed by atoms with Gasteiger partial charge < -0.3 is 0 Å². The number of rotatable bonds is 3. The molecule has 1 aromatic rings. The maximum absolute atomic E-state index is 4.47. The number of thioether (sulfide) groups is 1. The molecule has 0 aliphatic heterocycles. The molecule has 3 heteroatoms. The highest BCUT2D eigenvalue weighted by atomic mass is 79.9. The van der Waals surface area contributed by atoms with Crippen molar-refractivity contribution in [2.24, 2.45) is 0 Å². The molecule has 0 aliphatic carbocycles. The third kappa shape index (κ3) is 2.79. The van der Waals surface area contributed by atoms with Crippen LogP contribution in [0.4, 0.5) is 0 Å². The Morgan fingerprint density at radius 1 is 1.42 bits per heavy atom. The summed E-state index contributed by atoms with van der Waals surface area (Å²) < 4.78 is 1.13. The normalized spacial score (nSPS) is 10.2. The lowest BCUT2D eigenvalue weighted by molar-refractivity contribution is 0.967. The van der Waals surface area contributed by atoms with Crippen LogP contribution in [-0.2, 0) is 6.42 Å². The molecular weight excluding hydrogens is 234 g/mol. The number of hydrogen-bond acceptors (Lipinski definition) is 2. The molecule has 0 bridgehead atoms. The van der Waals surface area contributed by atoms with Gasteiger partial charge in [-0.2, -0.15) is 0 Å². The first-order valence-corrected chi connectivity index (χ1v) is 5.83. The van der Waals surface area contributed by atoms with Crippen LogP contribution in [0, 0.1) is 0 Å². The molecule has 0 saturated heterocycles. The Hall–Kier alpha value is -0.0200. The van der Waals surface area contributed by atoms with Crippen molar-refractivity contribution in [3.05, 3.63) is 22.3 Å². The van der Waals surface area contributed by atoms with Crippen molar-refractivity contribution in [2.75, 3.05) is 5.75 Å². The van der Waals surface area contributed by atoms with E-state index < -0.39 is 0 Å². The zero-order valence-corrected chi connectivity index (χ0v) is 9.70. The second-order valence-corrected chi connectivity index (χ2v) is 4.60. The molecule has 0 atom stereocenters. The molecule has 0 spiro atoms. The molecule has 1 aromatic heterocycles. The number of nitrogens with zero attached hydrogens (tertiary/aromatic N) is 1. The minimum Gasteiger partial charge on any atom is -0.246 e. The Labute approximate surface area is 86.1 Å².